The fourth-order valence-corrected chi connectivity index (χ4v) is 4.29. The molecule has 1 N–H and O–H groups in total. The number of rotatable bonds is 6. The molecule has 1 aliphatic heterocycles. The highest BCUT2D eigenvalue weighted by atomic mass is 32.2. The number of hydrogen-bond donors (Lipinski definition) is 1. The molecule has 1 aromatic heterocycles. The minimum absolute atomic E-state index is 0.105. The first-order valence-electron chi connectivity index (χ1n) is 10.1. The summed E-state index contributed by atoms with van der Waals surface area (Å²) in [6.07, 6.45) is 3.22. The van der Waals surface area contributed by atoms with E-state index in [0.29, 0.717) is 16.2 Å². The Labute approximate surface area is 190 Å². The highest BCUT2D eigenvalue weighted by molar-refractivity contribution is 8.18. The number of thioether (sulfide) groups is 1. The van der Waals surface area contributed by atoms with Crippen molar-refractivity contribution in [2.75, 3.05) is 13.1 Å². The van der Waals surface area contributed by atoms with Crippen LogP contribution in [0.4, 0.5) is 4.79 Å². The van der Waals surface area contributed by atoms with Gasteiger partial charge in [0.15, 0.2) is 0 Å². The van der Waals surface area contributed by atoms with E-state index >= 15 is 0 Å². The van der Waals surface area contributed by atoms with Gasteiger partial charge in [0, 0.05) is 13.1 Å². The van der Waals surface area contributed by atoms with Crippen molar-refractivity contribution < 1.29 is 14.4 Å². The molecule has 8 heteroatoms. The maximum atomic E-state index is 12.7. The predicted octanol–water partition coefficient (Wildman–Crippen LogP) is 3.96. The molecule has 32 heavy (non-hydrogen) atoms. The van der Waals surface area contributed by atoms with Crippen LogP contribution in [0.3, 0.4) is 0 Å². The molecule has 0 spiro atoms. The summed E-state index contributed by atoms with van der Waals surface area (Å²) in [6.45, 7) is 4.09. The Balaban J connectivity index is 1.38. The van der Waals surface area contributed by atoms with Crippen LogP contribution in [0.2, 0.25) is 0 Å². The van der Waals surface area contributed by atoms with Crippen molar-refractivity contribution in [2.45, 2.75) is 13.8 Å². The van der Waals surface area contributed by atoms with Gasteiger partial charge in [-0.25, -0.2) is 4.68 Å². The van der Waals surface area contributed by atoms with Gasteiger partial charge in [-0.05, 0) is 54.9 Å². The number of amides is 3. The molecule has 4 rings (SSSR count). The van der Waals surface area contributed by atoms with Crippen LogP contribution in [0, 0.1) is 13.8 Å². The second-order valence-corrected chi connectivity index (χ2v) is 8.39. The number of carbonyl (C=O) groups excluding carboxylic acids is 3. The van der Waals surface area contributed by atoms with Crippen LogP contribution >= 0.6 is 11.8 Å². The van der Waals surface area contributed by atoms with Crippen LogP contribution < -0.4 is 5.32 Å². The first-order valence-corrected chi connectivity index (χ1v) is 11.0. The molecule has 1 aliphatic rings. The molecular formula is C24H22N4O3S. The molecule has 1 fully saturated rings. The van der Waals surface area contributed by atoms with Crippen LogP contribution in [0.25, 0.3) is 11.8 Å². The van der Waals surface area contributed by atoms with Crippen molar-refractivity contribution in [3.63, 3.8) is 0 Å². The Morgan fingerprint density at radius 3 is 2.62 bits per heavy atom. The van der Waals surface area contributed by atoms with E-state index < -0.39 is 0 Å². The SMILES string of the molecule is Cc1cccc(-n2ncc(C(=O)NCCN3C(=O)S/C(=C\c4ccccc4)C3=O)c2C)c1. The molecule has 162 valence electrons. The van der Waals surface area contributed by atoms with Crippen LogP contribution in [0.5, 0.6) is 0 Å². The van der Waals surface area contributed by atoms with Gasteiger partial charge in [-0.3, -0.25) is 19.3 Å². The zero-order valence-corrected chi connectivity index (χ0v) is 18.6. The number of aromatic nitrogens is 2. The first-order chi connectivity index (χ1) is 15.4. The van der Waals surface area contributed by atoms with Crippen LogP contribution in [0.1, 0.15) is 27.2 Å². The van der Waals surface area contributed by atoms with Gasteiger partial charge >= 0.3 is 0 Å². The van der Waals surface area contributed by atoms with E-state index in [1.807, 2.05) is 68.4 Å². The van der Waals surface area contributed by atoms with Gasteiger partial charge in [0.05, 0.1) is 28.0 Å². The van der Waals surface area contributed by atoms with E-state index in [1.165, 1.54) is 6.20 Å². The lowest BCUT2D eigenvalue weighted by molar-refractivity contribution is -0.122. The molecule has 0 bridgehead atoms. The molecule has 7 nitrogen and oxygen atoms in total. The molecule has 3 aromatic rings. The minimum Gasteiger partial charge on any atom is -0.350 e. The number of carbonyl (C=O) groups is 3. The van der Waals surface area contributed by atoms with Gasteiger partial charge in [0.1, 0.15) is 0 Å². The van der Waals surface area contributed by atoms with E-state index in [-0.39, 0.29) is 30.1 Å². The van der Waals surface area contributed by atoms with Gasteiger partial charge in [-0.1, -0.05) is 42.5 Å². The Kier molecular flexibility index (Phi) is 6.23. The van der Waals surface area contributed by atoms with Crippen molar-refractivity contribution in [3.8, 4) is 5.69 Å². The molecule has 2 heterocycles. The molecule has 0 saturated carbocycles. The maximum Gasteiger partial charge on any atom is 0.293 e. The fourth-order valence-electron chi connectivity index (χ4n) is 3.42. The third-order valence-corrected chi connectivity index (χ3v) is 6.00. The summed E-state index contributed by atoms with van der Waals surface area (Å²) in [7, 11) is 0. The van der Waals surface area contributed by atoms with Crippen molar-refractivity contribution in [2.24, 2.45) is 0 Å². The minimum atomic E-state index is -0.346. The third kappa shape index (κ3) is 4.50. The summed E-state index contributed by atoms with van der Waals surface area (Å²) in [5.74, 6) is -0.644. The van der Waals surface area contributed by atoms with E-state index in [4.69, 9.17) is 0 Å². The van der Waals surface area contributed by atoms with Gasteiger partial charge in [-0.15, -0.1) is 0 Å². The second kappa shape index (κ2) is 9.23. The van der Waals surface area contributed by atoms with Crippen molar-refractivity contribution in [3.05, 3.63) is 88.1 Å². The molecule has 0 radical (unpaired) electrons. The second-order valence-electron chi connectivity index (χ2n) is 7.39. The fraction of sp³-hybridized carbons (Fsp3) is 0.167. The van der Waals surface area contributed by atoms with Crippen molar-refractivity contribution in [1.29, 1.82) is 0 Å². The molecule has 0 atom stereocenters. The van der Waals surface area contributed by atoms with Gasteiger partial charge in [0.25, 0.3) is 17.1 Å². The maximum absolute atomic E-state index is 12.7. The molecule has 1 saturated heterocycles. The number of nitrogens with zero attached hydrogens (tertiary/aromatic N) is 3. The monoisotopic (exact) mass is 446 g/mol. The number of benzene rings is 2. The average molecular weight is 447 g/mol. The van der Waals surface area contributed by atoms with Gasteiger partial charge < -0.3 is 5.32 Å². The summed E-state index contributed by atoms with van der Waals surface area (Å²) in [6, 6.07) is 17.2. The van der Waals surface area contributed by atoms with Crippen LogP contribution in [0.15, 0.2) is 65.7 Å². The Hall–Kier alpha value is -3.65. The molecule has 0 unspecified atom stereocenters. The number of hydrogen-bond acceptors (Lipinski definition) is 5. The number of aryl methyl sites for hydroxylation is 1. The lowest BCUT2D eigenvalue weighted by Gasteiger charge is -2.13. The van der Waals surface area contributed by atoms with E-state index in [2.05, 4.69) is 10.4 Å². The average Bonchev–Trinajstić information content (AvgIpc) is 3.29. The van der Waals surface area contributed by atoms with E-state index in [1.54, 1.807) is 10.8 Å². The molecular weight excluding hydrogens is 424 g/mol. The summed E-state index contributed by atoms with van der Waals surface area (Å²) in [4.78, 5) is 39.1. The topological polar surface area (TPSA) is 84.3 Å². The van der Waals surface area contributed by atoms with E-state index in [0.717, 1.165) is 33.5 Å². The van der Waals surface area contributed by atoms with Crippen molar-refractivity contribution in [1.82, 2.24) is 20.0 Å². The van der Waals surface area contributed by atoms with Crippen LogP contribution in [-0.2, 0) is 4.79 Å². The Bertz CT molecular complexity index is 1220. The van der Waals surface area contributed by atoms with Gasteiger partial charge in [0.2, 0.25) is 0 Å². The molecule has 2 aromatic carbocycles. The number of nitrogens with one attached hydrogen (secondary N) is 1. The lowest BCUT2D eigenvalue weighted by Crippen LogP contribution is -2.37. The zero-order valence-electron chi connectivity index (χ0n) is 17.7. The van der Waals surface area contributed by atoms with Crippen molar-refractivity contribution >= 4 is 34.9 Å². The highest BCUT2D eigenvalue weighted by Gasteiger charge is 2.34. The molecule has 0 aliphatic carbocycles. The summed E-state index contributed by atoms with van der Waals surface area (Å²) >= 11 is 0.909. The summed E-state index contributed by atoms with van der Waals surface area (Å²) in [5.41, 5.74) is 3.99. The molecule has 3 amide bonds. The van der Waals surface area contributed by atoms with E-state index in [9.17, 15) is 14.4 Å². The zero-order chi connectivity index (χ0) is 22.7. The summed E-state index contributed by atoms with van der Waals surface area (Å²) < 4.78 is 1.72. The lowest BCUT2D eigenvalue weighted by atomic mass is 10.2. The van der Waals surface area contributed by atoms with Gasteiger partial charge in [-0.2, -0.15) is 5.10 Å². The quantitative estimate of drug-likeness (QED) is 0.580. The standard InChI is InChI=1S/C24H22N4O3S/c1-16-7-6-10-19(13-16)28-17(2)20(15-26-28)22(29)25-11-12-27-23(30)21(32-24(27)31)14-18-8-4-3-5-9-18/h3-10,13-15H,11-12H2,1-2H3,(H,25,29)/b21-14-. The first kappa shape index (κ1) is 21.6. The predicted molar refractivity (Wildman–Crippen MR) is 124 cm³/mol. The Morgan fingerprint density at radius 2 is 1.88 bits per heavy atom. The largest absolute Gasteiger partial charge is 0.350 e. The number of imide groups is 1. The smallest absolute Gasteiger partial charge is 0.293 e. The Morgan fingerprint density at radius 1 is 1.09 bits per heavy atom. The highest BCUT2D eigenvalue weighted by Crippen LogP contribution is 2.31. The normalized spacial score (nSPS) is 14.9. The third-order valence-electron chi connectivity index (χ3n) is 5.09. The summed E-state index contributed by atoms with van der Waals surface area (Å²) in [5, 5.41) is 6.78. The van der Waals surface area contributed by atoms with Crippen LogP contribution in [-0.4, -0.2) is 44.8 Å².